The van der Waals surface area contributed by atoms with Crippen molar-refractivity contribution < 1.29 is 19.5 Å². The summed E-state index contributed by atoms with van der Waals surface area (Å²) in [4.78, 5) is 37.5. The van der Waals surface area contributed by atoms with Gasteiger partial charge in [0, 0.05) is 19.4 Å². The summed E-state index contributed by atoms with van der Waals surface area (Å²) in [7, 11) is 0. The summed E-state index contributed by atoms with van der Waals surface area (Å²) in [6.45, 7) is 0.400. The molecular formula is C14H21NO4. The van der Waals surface area contributed by atoms with E-state index in [-0.39, 0.29) is 24.5 Å². The number of rotatable bonds is 1. The smallest absolute Gasteiger partial charge is 0.337 e. The average molecular weight is 267 g/mol. The molecule has 0 radical (unpaired) electrons. The Hall–Kier alpha value is -1.39. The molecule has 2 aliphatic rings. The van der Waals surface area contributed by atoms with Crippen LogP contribution in [0.2, 0.25) is 0 Å². The van der Waals surface area contributed by atoms with Gasteiger partial charge >= 0.3 is 5.97 Å². The Bertz CT molecular complexity index is 393. The van der Waals surface area contributed by atoms with E-state index in [1.165, 1.54) is 4.90 Å². The highest BCUT2D eigenvalue weighted by Crippen LogP contribution is 2.34. The molecule has 0 aliphatic carbocycles. The molecule has 5 nitrogen and oxygen atoms in total. The number of carbonyl (C=O) groups excluding carboxylic acids is 2. The minimum absolute atomic E-state index is 0.171. The fourth-order valence-electron chi connectivity index (χ4n) is 3.22. The highest BCUT2D eigenvalue weighted by Gasteiger charge is 2.54. The Morgan fingerprint density at radius 1 is 1.00 bits per heavy atom. The van der Waals surface area contributed by atoms with Crippen molar-refractivity contribution in [1.82, 2.24) is 4.90 Å². The Balaban J connectivity index is 2.31. The van der Waals surface area contributed by atoms with Crippen LogP contribution in [0.15, 0.2) is 0 Å². The van der Waals surface area contributed by atoms with E-state index in [9.17, 15) is 19.5 Å². The number of amides is 1. The zero-order chi connectivity index (χ0) is 13.9. The summed E-state index contributed by atoms with van der Waals surface area (Å²) in [6.07, 6.45) is 5.97. The summed E-state index contributed by atoms with van der Waals surface area (Å²) in [5.74, 6) is -1.61. The number of carboxylic acids is 1. The van der Waals surface area contributed by atoms with Gasteiger partial charge in [0.1, 0.15) is 0 Å². The van der Waals surface area contributed by atoms with Gasteiger partial charge in [0.15, 0.2) is 11.3 Å². The van der Waals surface area contributed by atoms with Gasteiger partial charge in [0.25, 0.3) is 0 Å². The SMILES string of the molecule is O=C1CCCCCCCC(=O)[C@@]2(C(=O)O)CCCN12. The number of carboxylic acid groups (broad SMARTS) is 1. The van der Waals surface area contributed by atoms with Crippen LogP contribution in [0.25, 0.3) is 0 Å². The number of hydrogen-bond acceptors (Lipinski definition) is 3. The second-order valence-corrected chi connectivity index (χ2v) is 5.51. The molecule has 1 amide bonds. The second-order valence-electron chi connectivity index (χ2n) is 5.51. The van der Waals surface area contributed by atoms with E-state index in [1.54, 1.807) is 0 Å². The van der Waals surface area contributed by atoms with Gasteiger partial charge in [-0.1, -0.05) is 19.3 Å². The molecule has 0 aromatic rings. The number of Topliss-reactive ketones (excluding diaryl/α,β-unsaturated/α-hetero) is 1. The van der Waals surface area contributed by atoms with E-state index >= 15 is 0 Å². The molecule has 1 N–H and O–H groups in total. The molecule has 2 aliphatic heterocycles. The van der Waals surface area contributed by atoms with Gasteiger partial charge in [-0.15, -0.1) is 0 Å². The summed E-state index contributed by atoms with van der Waals surface area (Å²) < 4.78 is 0. The lowest BCUT2D eigenvalue weighted by molar-refractivity contribution is -0.161. The maximum Gasteiger partial charge on any atom is 0.337 e. The molecule has 5 heteroatoms. The van der Waals surface area contributed by atoms with E-state index in [1.807, 2.05) is 0 Å². The lowest BCUT2D eigenvalue weighted by Gasteiger charge is -2.33. The topological polar surface area (TPSA) is 74.7 Å². The van der Waals surface area contributed by atoms with Crippen molar-refractivity contribution in [2.24, 2.45) is 0 Å². The third-order valence-electron chi connectivity index (χ3n) is 4.29. The van der Waals surface area contributed by atoms with Crippen molar-refractivity contribution in [2.75, 3.05) is 6.54 Å². The van der Waals surface area contributed by atoms with E-state index in [2.05, 4.69) is 0 Å². The van der Waals surface area contributed by atoms with Gasteiger partial charge in [-0.05, 0) is 25.7 Å². The third-order valence-corrected chi connectivity index (χ3v) is 4.29. The predicted molar refractivity (Wildman–Crippen MR) is 68.6 cm³/mol. The number of aliphatic carboxylic acids is 1. The Morgan fingerprint density at radius 3 is 2.32 bits per heavy atom. The predicted octanol–water partition coefficient (Wildman–Crippen LogP) is 1.75. The normalized spacial score (nSPS) is 29.8. The van der Waals surface area contributed by atoms with Gasteiger partial charge in [0.05, 0.1) is 0 Å². The lowest BCUT2D eigenvalue weighted by atomic mass is 9.87. The van der Waals surface area contributed by atoms with Crippen LogP contribution >= 0.6 is 0 Å². The minimum Gasteiger partial charge on any atom is -0.479 e. The largest absolute Gasteiger partial charge is 0.479 e. The monoisotopic (exact) mass is 267 g/mol. The highest BCUT2D eigenvalue weighted by molar-refractivity contribution is 6.10. The maximum absolute atomic E-state index is 12.4. The minimum atomic E-state index is -1.57. The second kappa shape index (κ2) is 5.72. The van der Waals surface area contributed by atoms with Crippen LogP contribution in [0.3, 0.4) is 0 Å². The number of ketones is 1. The molecule has 19 heavy (non-hydrogen) atoms. The Kier molecular flexibility index (Phi) is 4.22. The molecule has 0 aromatic heterocycles. The van der Waals surface area contributed by atoms with Crippen molar-refractivity contribution >= 4 is 17.7 Å². The standard InChI is InChI=1S/C14H21NO4/c16-11-7-4-2-1-3-5-8-12(17)15-10-6-9-14(11,15)13(18)19/h1-10H2,(H,18,19)/t14-/m1/s1. The Labute approximate surface area is 113 Å². The maximum atomic E-state index is 12.4. The number of hydrogen-bond donors (Lipinski definition) is 1. The zero-order valence-corrected chi connectivity index (χ0v) is 11.2. The number of nitrogens with zero attached hydrogens (tertiary/aromatic N) is 1. The molecule has 0 bridgehead atoms. The van der Waals surface area contributed by atoms with Gasteiger partial charge < -0.3 is 10.0 Å². The van der Waals surface area contributed by atoms with Crippen LogP contribution in [0.5, 0.6) is 0 Å². The van der Waals surface area contributed by atoms with E-state index in [4.69, 9.17) is 0 Å². The van der Waals surface area contributed by atoms with Gasteiger partial charge in [-0.3, -0.25) is 9.59 Å². The molecule has 1 atom stereocenters. The average Bonchev–Trinajstić information content (AvgIpc) is 2.81. The van der Waals surface area contributed by atoms with Crippen LogP contribution in [0.4, 0.5) is 0 Å². The van der Waals surface area contributed by atoms with Crippen LogP contribution in [-0.4, -0.2) is 39.7 Å². The van der Waals surface area contributed by atoms with E-state index < -0.39 is 11.5 Å². The quantitative estimate of drug-likeness (QED) is 0.734. The molecule has 0 unspecified atom stereocenters. The number of fused-ring (bicyclic) bond motifs is 1. The fraction of sp³-hybridized carbons (Fsp3) is 0.786. The first-order chi connectivity index (χ1) is 9.09. The molecule has 2 saturated heterocycles. The molecule has 0 saturated carbocycles. The highest BCUT2D eigenvalue weighted by atomic mass is 16.4. The van der Waals surface area contributed by atoms with Crippen LogP contribution < -0.4 is 0 Å². The molecule has 2 heterocycles. The van der Waals surface area contributed by atoms with Crippen molar-refractivity contribution in [3.05, 3.63) is 0 Å². The third kappa shape index (κ3) is 2.51. The van der Waals surface area contributed by atoms with Crippen molar-refractivity contribution in [3.63, 3.8) is 0 Å². The summed E-state index contributed by atoms with van der Waals surface area (Å²) >= 11 is 0. The molecule has 0 spiro atoms. The van der Waals surface area contributed by atoms with Crippen molar-refractivity contribution in [1.29, 1.82) is 0 Å². The van der Waals surface area contributed by atoms with E-state index in [0.717, 1.165) is 32.1 Å². The summed E-state index contributed by atoms with van der Waals surface area (Å²) in [5.41, 5.74) is -1.57. The first-order valence-corrected chi connectivity index (χ1v) is 7.16. The zero-order valence-electron chi connectivity index (χ0n) is 11.2. The fourth-order valence-corrected chi connectivity index (χ4v) is 3.22. The van der Waals surface area contributed by atoms with Crippen molar-refractivity contribution in [3.8, 4) is 0 Å². The number of carbonyl (C=O) groups is 3. The first-order valence-electron chi connectivity index (χ1n) is 7.16. The Morgan fingerprint density at radius 2 is 1.63 bits per heavy atom. The van der Waals surface area contributed by atoms with Gasteiger partial charge in [-0.25, -0.2) is 4.79 Å². The molecule has 2 rings (SSSR count). The summed E-state index contributed by atoms with van der Waals surface area (Å²) in [5, 5.41) is 9.52. The van der Waals surface area contributed by atoms with E-state index in [0.29, 0.717) is 19.4 Å². The van der Waals surface area contributed by atoms with Crippen LogP contribution in [-0.2, 0) is 14.4 Å². The van der Waals surface area contributed by atoms with Crippen LogP contribution in [0, 0.1) is 0 Å². The lowest BCUT2D eigenvalue weighted by Crippen LogP contribution is -2.58. The van der Waals surface area contributed by atoms with Crippen LogP contribution in [0.1, 0.15) is 57.8 Å². The molecule has 106 valence electrons. The van der Waals surface area contributed by atoms with Crippen molar-refractivity contribution in [2.45, 2.75) is 63.3 Å². The molecular weight excluding hydrogens is 246 g/mol. The summed E-state index contributed by atoms with van der Waals surface area (Å²) in [6, 6.07) is 0. The first kappa shape index (κ1) is 14.0. The van der Waals surface area contributed by atoms with Gasteiger partial charge in [0.2, 0.25) is 5.91 Å². The molecule has 0 aromatic carbocycles. The van der Waals surface area contributed by atoms with Gasteiger partial charge in [-0.2, -0.15) is 0 Å². The molecule has 2 fully saturated rings.